The van der Waals surface area contributed by atoms with Crippen molar-refractivity contribution in [2.45, 2.75) is 62.6 Å². The van der Waals surface area contributed by atoms with Gasteiger partial charge < -0.3 is 10.6 Å². The van der Waals surface area contributed by atoms with Gasteiger partial charge in [-0.25, -0.2) is 0 Å². The van der Waals surface area contributed by atoms with Crippen molar-refractivity contribution in [2.75, 3.05) is 5.32 Å². The predicted molar refractivity (Wildman–Crippen MR) is 117 cm³/mol. The Labute approximate surface area is 180 Å². The maximum Gasteiger partial charge on any atom is 0.416 e. The van der Waals surface area contributed by atoms with Crippen LogP contribution < -0.4 is 10.6 Å². The summed E-state index contributed by atoms with van der Waals surface area (Å²) in [5, 5.41) is 7.21. The molecular weight excluding hydrogens is 405 g/mol. The van der Waals surface area contributed by atoms with Gasteiger partial charge in [0.2, 0.25) is 0 Å². The molecule has 4 aliphatic carbocycles. The van der Waals surface area contributed by atoms with Gasteiger partial charge in [-0.3, -0.25) is 0 Å². The summed E-state index contributed by atoms with van der Waals surface area (Å²) in [5.41, 5.74) is 3.11. The van der Waals surface area contributed by atoms with Gasteiger partial charge in [-0.2, -0.15) is 13.2 Å². The lowest BCUT2D eigenvalue weighted by atomic mass is 9.55. The zero-order valence-electron chi connectivity index (χ0n) is 16.9. The predicted octanol–water partition coefficient (Wildman–Crippen LogP) is 6.60. The van der Waals surface area contributed by atoms with Crippen LogP contribution in [0.25, 0.3) is 0 Å². The van der Waals surface area contributed by atoms with Crippen molar-refractivity contribution in [3.05, 3.63) is 65.2 Å². The Kier molecular flexibility index (Phi) is 4.44. The number of hydrogen-bond donors (Lipinski definition) is 2. The lowest BCUT2D eigenvalue weighted by Gasteiger charge is -2.54. The summed E-state index contributed by atoms with van der Waals surface area (Å²) in [7, 11) is 0. The molecule has 0 radical (unpaired) electrons. The fourth-order valence-corrected chi connectivity index (χ4v) is 6.87. The van der Waals surface area contributed by atoms with E-state index in [1.165, 1.54) is 36.1 Å². The molecule has 0 spiro atoms. The smallest absolute Gasteiger partial charge is 0.357 e. The van der Waals surface area contributed by atoms with Crippen molar-refractivity contribution in [1.29, 1.82) is 0 Å². The fraction of sp³-hybridized carbons (Fsp3) is 0.458. The average Bonchev–Trinajstić information content (AvgIpc) is 2.79. The Hall–Kier alpha value is -2.08. The number of alkyl halides is 3. The minimum atomic E-state index is -4.33. The summed E-state index contributed by atoms with van der Waals surface area (Å²) in [6, 6.07) is 13.9. The highest BCUT2D eigenvalue weighted by molar-refractivity contribution is 7.80. The molecule has 30 heavy (non-hydrogen) atoms. The zero-order valence-corrected chi connectivity index (χ0v) is 17.7. The molecule has 2 aromatic rings. The van der Waals surface area contributed by atoms with E-state index in [4.69, 9.17) is 12.2 Å². The minimum absolute atomic E-state index is 0.0738. The number of thiocarbonyl (C=S) groups is 1. The van der Waals surface area contributed by atoms with E-state index in [0.29, 0.717) is 22.6 Å². The molecule has 0 heterocycles. The first-order chi connectivity index (χ1) is 14.1. The number of halogens is 3. The van der Waals surface area contributed by atoms with Crippen LogP contribution >= 0.6 is 12.2 Å². The first kappa shape index (κ1) is 19.9. The Morgan fingerprint density at radius 3 is 2.03 bits per heavy atom. The molecule has 2 N–H and O–H groups in total. The van der Waals surface area contributed by atoms with Crippen LogP contribution in [0.3, 0.4) is 0 Å². The largest absolute Gasteiger partial charge is 0.416 e. The minimum Gasteiger partial charge on any atom is -0.357 e. The average molecular weight is 431 g/mol. The summed E-state index contributed by atoms with van der Waals surface area (Å²) >= 11 is 5.60. The first-order valence-corrected chi connectivity index (χ1v) is 10.9. The molecule has 4 bridgehead atoms. The lowest BCUT2D eigenvalue weighted by Crippen LogP contribution is -2.58. The van der Waals surface area contributed by atoms with Gasteiger partial charge in [0.25, 0.3) is 0 Å². The van der Waals surface area contributed by atoms with Crippen molar-refractivity contribution in [3.63, 3.8) is 0 Å². The second kappa shape index (κ2) is 6.71. The molecule has 2 saturated carbocycles. The van der Waals surface area contributed by atoms with Crippen molar-refractivity contribution in [1.82, 2.24) is 5.32 Å². The molecular formula is C24H25F3N2S. The van der Waals surface area contributed by atoms with Crippen LogP contribution in [0.15, 0.2) is 48.5 Å². The van der Waals surface area contributed by atoms with Gasteiger partial charge in [0, 0.05) is 11.2 Å². The van der Waals surface area contributed by atoms with E-state index in [1.807, 2.05) is 0 Å². The highest BCUT2D eigenvalue weighted by Crippen LogP contribution is 2.62. The molecule has 0 amide bonds. The standard InChI is InChI=1S/C24H25F3N2S/c1-22-10-15-12-23(14-22,13-16(11-22)20-5-3-2-4-19(15)20)29-21(30)28-18-8-6-17(7-9-18)24(25,26)27/h2-9,15-16H,10-14H2,1H3,(H2,28,29,30). The van der Waals surface area contributed by atoms with Crippen LogP contribution in [0.2, 0.25) is 0 Å². The Morgan fingerprint density at radius 2 is 1.50 bits per heavy atom. The quantitative estimate of drug-likeness (QED) is 0.525. The summed E-state index contributed by atoms with van der Waals surface area (Å²) in [5.74, 6) is 1.04. The van der Waals surface area contributed by atoms with Crippen LogP contribution in [0.4, 0.5) is 18.9 Å². The van der Waals surface area contributed by atoms with Gasteiger partial charge in [0.05, 0.1) is 5.56 Å². The summed E-state index contributed by atoms with van der Waals surface area (Å²) in [6.45, 7) is 2.40. The van der Waals surface area contributed by atoms with Gasteiger partial charge in [0.1, 0.15) is 0 Å². The monoisotopic (exact) mass is 430 g/mol. The van der Waals surface area contributed by atoms with Gasteiger partial charge in [-0.1, -0.05) is 31.2 Å². The van der Waals surface area contributed by atoms with E-state index in [9.17, 15) is 13.2 Å². The number of rotatable bonds is 2. The number of benzene rings is 2. The number of hydrogen-bond acceptors (Lipinski definition) is 1. The van der Waals surface area contributed by atoms with E-state index in [0.717, 1.165) is 31.4 Å². The Balaban J connectivity index is 1.36. The highest BCUT2D eigenvalue weighted by atomic mass is 32.1. The van der Waals surface area contributed by atoms with Crippen LogP contribution in [-0.4, -0.2) is 10.7 Å². The van der Waals surface area contributed by atoms with Gasteiger partial charge >= 0.3 is 6.18 Å². The molecule has 0 aliphatic heterocycles. The molecule has 2 atom stereocenters. The Bertz CT molecular complexity index is 948. The molecule has 6 heteroatoms. The topological polar surface area (TPSA) is 24.1 Å². The van der Waals surface area contributed by atoms with E-state index in [1.54, 1.807) is 0 Å². The van der Waals surface area contributed by atoms with Crippen LogP contribution in [0.1, 0.15) is 67.6 Å². The van der Waals surface area contributed by atoms with Crippen molar-refractivity contribution < 1.29 is 13.2 Å². The van der Waals surface area contributed by atoms with E-state index < -0.39 is 11.7 Å². The van der Waals surface area contributed by atoms with Gasteiger partial charge in [-0.05, 0) is 97.0 Å². The molecule has 2 unspecified atom stereocenters. The third-order valence-electron chi connectivity index (χ3n) is 7.24. The highest BCUT2D eigenvalue weighted by Gasteiger charge is 2.55. The maximum absolute atomic E-state index is 12.8. The second-order valence-electron chi connectivity index (χ2n) is 9.76. The zero-order chi connectivity index (χ0) is 21.1. The molecule has 6 rings (SSSR count). The molecule has 4 aliphatic rings. The molecule has 2 aromatic carbocycles. The van der Waals surface area contributed by atoms with E-state index >= 15 is 0 Å². The normalized spacial score (nSPS) is 31.7. The molecule has 0 aromatic heterocycles. The first-order valence-electron chi connectivity index (χ1n) is 10.5. The molecule has 2 fully saturated rings. The second-order valence-corrected chi connectivity index (χ2v) is 10.2. The SMILES string of the molecule is CC12CC3CC(NC(=S)Nc4ccc(C(F)(F)F)cc4)(CC(C1)c1ccccc13)C2. The molecule has 0 saturated heterocycles. The third kappa shape index (κ3) is 3.49. The van der Waals surface area contributed by atoms with Crippen molar-refractivity contribution in [3.8, 4) is 0 Å². The summed E-state index contributed by atoms with van der Waals surface area (Å²) < 4.78 is 38.4. The van der Waals surface area contributed by atoms with Crippen LogP contribution in [0.5, 0.6) is 0 Å². The maximum atomic E-state index is 12.8. The summed E-state index contributed by atoms with van der Waals surface area (Å²) in [4.78, 5) is 0. The van der Waals surface area contributed by atoms with Crippen LogP contribution in [-0.2, 0) is 6.18 Å². The fourth-order valence-electron chi connectivity index (χ4n) is 6.54. The van der Waals surface area contributed by atoms with E-state index in [-0.39, 0.29) is 11.0 Å². The Morgan fingerprint density at radius 1 is 0.933 bits per heavy atom. The lowest BCUT2D eigenvalue weighted by molar-refractivity contribution is -0.137. The van der Waals surface area contributed by atoms with Crippen molar-refractivity contribution >= 4 is 23.0 Å². The number of anilines is 1. The number of nitrogens with one attached hydrogen (secondary N) is 2. The third-order valence-corrected chi connectivity index (χ3v) is 7.45. The van der Waals surface area contributed by atoms with Crippen molar-refractivity contribution in [2.24, 2.45) is 5.41 Å². The summed E-state index contributed by atoms with van der Waals surface area (Å²) in [6.07, 6.45) is 1.26. The molecule has 158 valence electrons. The van der Waals surface area contributed by atoms with Gasteiger partial charge in [0.15, 0.2) is 5.11 Å². The van der Waals surface area contributed by atoms with E-state index in [2.05, 4.69) is 41.8 Å². The van der Waals surface area contributed by atoms with Crippen LogP contribution in [0, 0.1) is 5.41 Å². The van der Waals surface area contributed by atoms with Gasteiger partial charge in [-0.15, -0.1) is 0 Å². The molecule has 2 nitrogen and oxygen atoms in total.